The van der Waals surface area contributed by atoms with Crippen LogP contribution in [0.1, 0.15) is 54.9 Å². The van der Waals surface area contributed by atoms with Gasteiger partial charge < -0.3 is 9.64 Å². The van der Waals surface area contributed by atoms with E-state index in [-0.39, 0.29) is 23.4 Å². The molecule has 2 fully saturated rings. The molecule has 6 nitrogen and oxygen atoms in total. The maximum absolute atomic E-state index is 15.8. The van der Waals surface area contributed by atoms with E-state index < -0.39 is 0 Å². The van der Waals surface area contributed by atoms with Gasteiger partial charge in [0.15, 0.2) is 5.82 Å². The highest BCUT2D eigenvalue weighted by Crippen LogP contribution is 2.44. The van der Waals surface area contributed by atoms with Crippen LogP contribution >= 0.6 is 0 Å². The summed E-state index contributed by atoms with van der Waals surface area (Å²) in [5, 5.41) is 4.32. The molecule has 174 valence electrons. The number of benzene rings is 1. The van der Waals surface area contributed by atoms with Crippen LogP contribution in [-0.2, 0) is 17.7 Å². The third-order valence-electron chi connectivity index (χ3n) is 6.58. The topological polar surface area (TPSA) is 52.3 Å². The lowest BCUT2D eigenvalue weighted by Crippen LogP contribution is -2.41. The first-order chi connectivity index (χ1) is 15.9. The molecule has 1 atom stereocenters. The van der Waals surface area contributed by atoms with Crippen LogP contribution in [0.2, 0.25) is 0 Å². The van der Waals surface area contributed by atoms with E-state index >= 15 is 4.39 Å². The molecule has 7 heteroatoms. The molecule has 0 radical (unpaired) electrons. The standard InChI is InChI=1S/C26H31FN4O2/c1-4-30-16-19(13-28-30)10-21-9-17(2)14-31(26(21)32)24-12-22(29-7-8-33-18(3)15-29)11-23(25(24)27)20-5-6-20/h9,11-14,16,18,20H,4-8,10,15H2,1-3H3/t18-/m1/s1. The number of aryl methyl sites for hydroxylation is 2. The van der Waals surface area contributed by atoms with Crippen molar-refractivity contribution in [1.29, 1.82) is 0 Å². The third kappa shape index (κ3) is 4.47. The molecule has 0 unspecified atom stereocenters. The summed E-state index contributed by atoms with van der Waals surface area (Å²) in [4.78, 5) is 15.8. The molecule has 1 saturated carbocycles. The number of nitrogens with zero attached hydrogens (tertiary/aromatic N) is 4. The predicted octanol–water partition coefficient (Wildman–Crippen LogP) is 4.19. The molecule has 1 saturated heterocycles. The number of aromatic nitrogens is 3. The average Bonchev–Trinajstić information content (AvgIpc) is 3.54. The van der Waals surface area contributed by atoms with Crippen molar-refractivity contribution in [3.63, 3.8) is 0 Å². The molecular weight excluding hydrogens is 419 g/mol. The highest BCUT2D eigenvalue weighted by molar-refractivity contribution is 5.58. The zero-order chi connectivity index (χ0) is 23.1. The summed E-state index contributed by atoms with van der Waals surface area (Å²) in [6.07, 6.45) is 8.08. The Morgan fingerprint density at radius 1 is 1.21 bits per heavy atom. The second kappa shape index (κ2) is 8.78. The number of anilines is 1. The van der Waals surface area contributed by atoms with Crippen molar-refractivity contribution >= 4 is 5.69 Å². The van der Waals surface area contributed by atoms with Gasteiger partial charge in [0.2, 0.25) is 0 Å². The van der Waals surface area contributed by atoms with Crippen molar-refractivity contribution < 1.29 is 9.13 Å². The molecular formula is C26H31FN4O2. The molecule has 0 amide bonds. The van der Waals surface area contributed by atoms with E-state index in [9.17, 15) is 4.79 Å². The fourth-order valence-electron chi connectivity index (χ4n) is 4.70. The SMILES string of the molecule is CCn1cc(Cc2cc(C)cn(-c3cc(N4CCO[C@H](C)C4)cc(C4CC4)c3F)c2=O)cn1. The van der Waals surface area contributed by atoms with Crippen molar-refractivity contribution in [1.82, 2.24) is 14.3 Å². The van der Waals surface area contributed by atoms with Gasteiger partial charge in [0.1, 0.15) is 0 Å². The highest BCUT2D eigenvalue weighted by Gasteiger charge is 2.30. The second-order valence-corrected chi connectivity index (χ2v) is 9.37. The highest BCUT2D eigenvalue weighted by atomic mass is 19.1. The van der Waals surface area contributed by atoms with E-state index in [4.69, 9.17) is 4.74 Å². The average molecular weight is 451 g/mol. The lowest BCUT2D eigenvalue weighted by Gasteiger charge is -2.33. The fourth-order valence-corrected chi connectivity index (χ4v) is 4.70. The number of hydrogen-bond acceptors (Lipinski definition) is 4. The fraction of sp³-hybridized carbons (Fsp3) is 0.462. The number of halogens is 1. The van der Waals surface area contributed by atoms with Gasteiger partial charge in [-0.25, -0.2) is 4.39 Å². The molecule has 1 aromatic carbocycles. The van der Waals surface area contributed by atoms with Crippen molar-refractivity contribution in [2.75, 3.05) is 24.6 Å². The molecule has 5 rings (SSSR count). The van der Waals surface area contributed by atoms with Crippen molar-refractivity contribution in [3.8, 4) is 5.69 Å². The number of pyridine rings is 1. The van der Waals surface area contributed by atoms with E-state index in [1.807, 2.05) is 42.9 Å². The van der Waals surface area contributed by atoms with Crippen molar-refractivity contribution in [2.45, 2.75) is 58.6 Å². The zero-order valence-corrected chi connectivity index (χ0v) is 19.6. The monoisotopic (exact) mass is 450 g/mol. The molecule has 1 aliphatic carbocycles. The Balaban J connectivity index is 1.59. The van der Waals surface area contributed by atoms with Gasteiger partial charge >= 0.3 is 0 Å². The minimum atomic E-state index is -0.278. The number of hydrogen-bond donors (Lipinski definition) is 0. The predicted molar refractivity (Wildman–Crippen MR) is 127 cm³/mol. The molecule has 2 aliphatic rings. The minimum absolute atomic E-state index is 0.119. The van der Waals surface area contributed by atoms with Gasteiger partial charge in [-0.05, 0) is 74.4 Å². The Kier molecular flexibility index (Phi) is 5.83. The molecule has 3 aromatic rings. The molecule has 33 heavy (non-hydrogen) atoms. The Hall–Kier alpha value is -2.93. The molecule has 1 aliphatic heterocycles. The summed E-state index contributed by atoms with van der Waals surface area (Å²) in [5.74, 6) is -0.0398. The molecule has 2 aromatic heterocycles. The van der Waals surface area contributed by atoms with E-state index in [2.05, 4.69) is 16.9 Å². The Morgan fingerprint density at radius 3 is 2.73 bits per heavy atom. The van der Waals surface area contributed by atoms with E-state index in [1.165, 1.54) is 4.57 Å². The lowest BCUT2D eigenvalue weighted by atomic mass is 10.0. The first-order valence-corrected chi connectivity index (χ1v) is 11.9. The minimum Gasteiger partial charge on any atom is -0.375 e. The molecule has 0 N–H and O–H groups in total. The second-order valence-electron chi connectivity index (χ2n) is 9.37. The van der Waals surface area contributed by atoms with Gasteiger partial charge in [0, 0.05) is 49.7 Å². The van der Waals surface area contributed by atoms with Gasteiger partial charge in [-0.1, -0.05) is 0 Å². The number of morpholine rings is 1. The van der Waals surface area contributed by atoms with Gasteiger partial charge in [0.05, 0.1) is 24.6 Å². The summed E-state index contributed by atoms with van der Waals surface area (Å²) in [5.41, 5.74) is 4.38. The molecule has 3 heterocycles. The summed E-state index contributed by atoms with van der Waals surface area (Å²) in [6, 6.07) is 5.71. The molecule has 0 bridgehead atoms. The van der Waals surface area contributed by atoms with Crippen LogP contribution in [-0.4, -0.2) is 40.1 Å². The first-order valence-electron chi connectivity index (χ1n) is 11.9. The Bertz CT molecular complexity index is 1230. The van der Waals surface area contributed by atoms with Gasteiger partial charge in [0.25, 0.3) is 5.56 Å². The normalized spacial score (nSPS) is 18.7. The van der Waals surface area contributed by atoms with Crippen LogP contribution < -0.4 is 10.5 Å². The van der Waals surface area contributed by atoms with Crippen LogP contribution in [0.3, 0.4) is 0 Å². The maximum Gasteiger partial charge on any atom is 0.258 e. The van der Waals surface area contributed by atoms with E-state index in [0.29, 0.717) is 24.3 Å². The van der Waals surface area contributed by atoms with Crippen molar-refractivity contribution in [3.05, 3.63) is 75.2 Å². The van der Waals surface area contributed by atoms with E-state index in [0.717, 1.165) is 54.9 Å². The van der Waals surface area contributed by atoms with Gasteiger partial charge in [-0.2, -0.15) is 5.10 Å². The summed E-state index contributed by atoms with van der Waals surface area (Å²) >= 11 is 0. The number of rotatable bonds is 6. The van der Waals surface area contributed by atoms with Gasteiger partial charge in [-0.3, -0.25) is 14.0 Å². The Morgan fingerprint density at radius 2 is 2.03 bits per heavy atom. The molecule has 0 spiro atoms. The van der Waals surface area contributed by atoms with Crippen LogP contribution in [0.5, 0.6) is 0 Å². The summed E-state index contributed by atoms with van der Waals surface area (Å²) < 4.78 is 24.8. The van der Waals surface area contributed by atoms with Crippen LogP contribution in [0, 0.1) is 12.7 Å². The van der Waals surface area contributed by atoms with Crippen molar-refractivity contribution in [2.24, 2.45) is 0 Å². The maximum atomic E-state index is 15.8. The van der Waals surface area contributed by atoms with E-state index in [1.54, 1.807) is 12.4 Å². The Labute approximate surface area is 193 Å². The van der Waals surface area contributed by atoms with Crippen LogP contribution in [0.25, 0.3) is 5.69 Å². The lowest BCUT2D eigenvalue weighted by molar-refractivity contribution is 0.0532. The third-order valence-corrected chi connectivity index (χ3v) is 6.58. The summed E-state index contributed by atoms with van der Waals surface area (Å²) in [7, 11) is 0. The van der Waals surface area contributed by atoms with Crippen LogP contribution in [0.15, 0.2) is 41.6 Å². The first kappa shape index (κ1) is 21.9. The van der Waals surface area contributed by atoms with Gasteiger partial charge in [-0.15, -0.1) is 0 Å². The smallest absolute Gasteiger partial charge is 0.258 e. The summed E-state index contributed by atoms with van der Waals surface area (Å²) in [6.45, 7) is 8.96. The zero-order valence-electron chi connectivity index (χ0n) is 19.6. The van der Waals surface area contributed by atoms with Crippen LogP contribution in [0.4, 0.5) is 10.1 Å². The number of ether oxygens (including phenoxy) is 1. The largest absolute Gasteiger partial charge is 0.375 e. The quantitative estimate of drug-likeness (QED) is 0.565.